The highest BCUT2D eigenvalue weighted by atomic mass is 35.5. The summed E-state index contributed by atoms with van der Waals surface area (Å²) in [5.74, 6) is -1.78. The highest BCUT2D eigenvalue weighted by Crippen LogP contribution is 2.77. The van der Waals surface area contributed by atoms with Gasteiger partial charge >= 0.3 is 11.9 Å². The number of allylic oxidation sites excluding steroid dienone is 2. The summed E-state index contributed by atoms with van der Waals surface area (Å²) in [5.41, 5.74) is -0.762. The van der Waals surface area contributed by atoms with Gasteiger partial charge in [-0.1, -0.05) is 72.2 Å². The molecule has 1 aromatic carbocycles. The van der Waals surface area contributed by atoms with Gasteiger partial charge in [0, 0.05) is 16.9 Å². The SMILES string of the molecule is CC(C)C1=C2[C@H]3CC[C@@H]4[C@@]5(C)CC[C@H](OC(=O)CC(C)(C)C(=O)O)C(C)(C)[C@@H]5CC[C@@]4(C)[C@]3(C)CC[C@@]2(C(=O)C(=O)NC2(c3ccc(Cl)cc3)CCC2)CC1=O. The van der Waals surface area contributed by atoms with Gasteiger partial charge in [0.1, 0.15) is 6.10 Å². The minimum absolute atomic E-state index is 0.0164. The molecule has 0 aromatic heterocycles. The van der Waals surface area contributed by atoms with Crippen molar-refractivity contribution in [1.82, 2.24) is 5.32 Å². The van der Waals surface area contributed by atoms with Gasteiger partial charge in [0.15, 0.2) is 5.78 Å². The van der Waals surface area contributed by atoms with E-state index in [4.69, 9.17) is 16.3 Å². The number of aliphatic carboxylic acids is 1. The molecule has 1 aromatic rings. The Hall–Kier alpha value is -3.00. The van der Waals surface area contributed by atoms with Crippen LogP contribution in [0.1, 0.15) is 151 Å². The third-order valence-electron chi connectivity index (χ3n) is 17.4. The van der Waals surface area contributed by atoms with Crippen LogP contribution in [-0.2, 0) is 34.2 Å². The van der Waals surface area contributed by atoms with Crippen molar-refractivity contribution in [2.45, 2.75) is 157 Å². The second kappa shape index (κ2) is 13.5. The first-order chi connectivity index (χ1) is 26.0. The van der Waals surface area contributed by atoms with Gasteiger partial charge in [-0.05, 0) is 153 Å². The van der Waals surface area contributed by atoms with Gasteiger partial charge in [0.2, 0.25) is 5.78 Å². The van der Waals surface area contributed by atoms with Crippen molar-refractivity contribution in [3.63, 3.8) is 0 Å². The maximum atomic E-state index is 14.9. The van der Waals surface area contributed by atoms with Crippen molar-refractivity contribution in [2.24, 2.45) is 56.2 Å². The molecule has 0 bridgehead atoms. The molecule has 9 heteroatoms. The van der Waals surface area contributed by atoms with Crippen LogP contribution in [0.15, 0.2) is 35.4 Å². The van der Waals surface area contributed by atoms with Crippen LogP contribution in [0, 0.1) is 56.2 Å². The zero-order chi connectivity index (χ0) is 41.0. The third-order valence-corrected chi connectivity index (χ3v) is 17.7. The fourth-order valence-electron chi connectivity index (χ4n) is 14.0. The molecule has 7 rings (SSSR count). The van der Waals surface area contributed by atoms with E-state index < -0.39 is 40.0 Å². The van der Waals surface area contributed by atoms with Gasteiger partial charge in [-0.25, -0.2) is 0 Å². The number of ether oxygens (including phenoxy) is 1. The topological polar surface area (TPSA) is 127 Å². The molecule has 5 saturated carbocycles. The second-order valence-electron chi connectivity index (χ2n) is 21.2. The van der Waals surface area contributed by atoms with Crippen LogP contribution in [0.5, 0.6) is 0 Å². The Labute approximate surface area is 338 Å². The van der Waals surface area contributed by atoms with Crippen LogP contribution >= 0.6 is 11.6 Å². The zero-order valence-corrected chi connectivity index (χ0v) is 35.9. The number of hydrogen-bond donors (Lipinski definition) is 2. The zero-order valence-electron chi connectivity index (χ0n) is 35.2. The summed E-state index contributed by atoms with van der Waals surface area (Å²) >= 11 is 6.20. The van der Waals surface area contributed by atoms with Crippen LogP contribution in [0.3, 0.4) is 0 Å². The number of Topliss-reactive ketones (excluding diaryl/α,β-unsaturated/α-hetero) is 2. The summed E-state index contributed by atoms with van der Waals surface area (Å²) in [7, 11) is 0. The van der Waals surface area contributed by atoms with Crippen LogP contribution in [0.4, 0.5) is 0 Å². The molecule has 1 amide bonds. The molecule has 2 N–H and O–H groups in total. The molecule has 6 aliphatic carbocycles. The fourth-order valence-corrected chi connectivity index (χ4v) is 14.1. The predicted octanol–water partition coefficient (Wildman–Crippen LogP) is 9.80. The van der Waals surface area contributed by atoms with E-state index in [0.29, 0.717) is 23.3 Å². The number of nitrogens with one attached hydrogen (secondary N) is 1. The molecule has 0 radical (unpaired) electrons. The normalized spacial score (nSPS) is 37.0. The number of halogens is 1. The van der Waals surface area contributed by atoms with Crippen LogP contribution in [-0.4, -0.2) is 40.6 Å². The molecule has 56 heavy (non-hydrogen) atoms. The average molecular weight is 790 g/mol. The van der Waals surface area contributed by atoms with Crippen LogP contribution in [0.25, 0.3) is 0 Å². The summed E-state index contributed by atoms with van der Waals surface area (Å²) in [5, 5.41) is 13.5. The lowest BCUT2D eigenvalue weighted by Gasteiger charge is -2.72. The number of carbonyl (C=O) groups is 5. The van der Waals surface area contributed by atoms with Crippen molar-refractivity contribution >= 4 is 41.0 Å². The second-order valence-corrected chi connectivity index (χ2v) is 21.6. The van der Waals surface area contributed by atoms with E-state index in [1.807, 2.05) is 24.3 Å². The number of hydrogen-bond acceptors (Lipinski definition) is 6. The van der Waals surface area contributed by atoms with E-state index in [1.165, 1.54) is 0 Å². The number of carboxylic acid groups (broad SMARTS) is 1. The van der Waals surface area contributed by atoms with Gasteiger partial charge in [-0.15, -0.1) is 0 Å². The number of fused-ring (bicyclic) bond motifs is 7. The Morgan fingerprint density at radius 2 is 1.54 bits per heavy atom. The molecule has 5 fully saturated rings. The highest BCUT2D eigenvalue weighted by molar-refractivity contribution is 6.40. The number of ketones is 2. The lowest BCUT2D eigenvalue weighted by Crippen LogP contribution is -2.66. The standard InChI is InChI=1S/C47H64ClNO7/c1-27(2)36-31(50)25-46(38(52)39(53)49-47(19-10-20-47)28-11-13-29(48)14-12-28)24-23-44(8)30(37(36)46)15-16-33-43(7)21-18-34(56-35(51)26-41(3,4)40(54)55)42(5,6)32(43)17-22-45(33,44)9/h11-14,27,30,32-34H,10,15-26H2,1-9H3,(H,49,53)(H,54,55)/t30-,32+,33-,34+,43+,44-,45-,46-/m1/s1. The van der Waals surface area contributed by atoms with Crippen LogP contribution < -0.4 is 5.32 Å². The molecule has 0 aliphatic heterocycles. The summed E-state index contributed by atoms with van der Waals surface area (Å²) in [6.45, 7) is 19.1. The Morgan fingerprint density at radius 1 is 0.875 bits per heavy atom. The Balaban J connectivity index is 1.17. The molecule has 0 spiro atoms. The summed E-state index contributed by atoms with van der Waals surface area (Å²) < 4.78 is 6.16. The Morgan fingerprint density at radius 3 is 2.12 bits per heavy atom. The molecule has 0 saturated heterocycles. The van der Waals surface area contributed by atoms with Crippen molar-refractivity contribution in [1.29, 1.82) is 0 Å². The fraction of sp³-hybridized carbons (Fsp3) is 0.723. The summed E-state index contributed by atoms with van der Waals surface area (Å²) in [6, 6.07) is 7.54. The minimum atomic E-state index is -1.19. The lowest BCUT2D eigenvalue weighted by molar-refractivity contribution is -0.233. The van der Waals surface area contributed by atoms with Crippen molar-refractivity contribution < 1.29 is 33.8 Å². The minimum Gasteiger partial charge on any atom is -0.481 e. The quantitative estimate of drug-likeness (QED) is 0.188. The average Bonchev–Trinajstić information content (AvgIpc) is 3.40. The van der Waals surface area contributed by atoms with E-state index >= 15 is 0 Å². The van der Waals surface area contributed by atoms with Crippen molar-refractivity contribution in [3.8, 4) is 0 Å². The lowest BCUT2D eigenvalue weighted by atomic mass is 9.33. The maximum absolute atomic E-state index is 14.9. The number of carbonyl (C=O) groups excluding carboxylic acids is 4. The van der Waals surface area contributed by atoms with Crippen molar-refractivity contribution in [2.75, 3.05) is 0 Å². The molecular weight excluding hydrogens is 726 g/mol. The molecule has 0 unspecified atom stereocenters. The van der Waals surface area contributed by atoms with Gasteiger partial charge in [-0.3, -0.25) is 24.0 Å². The van der Waals surface area contributed by atoms with Crippen molar-refractivity contribution in [3.05, 3.63) is 46.0 Å². The largest absolute Gasteiger partial charge is 0.481 e. The first-order valence-electron chi connectivity index (χ1n) is 21.3. The monoisotopic (exact) mass is 789 g/mol. The molecular formula is C47H64ClNO7. The first-order valence-corrected chi connectivity index (χ1v) is 21.7. The number of esters is 1. The van der Waals surface area contributed by atoms with E-state index in [2.05, 4.69) is 53.8 Å². The number of rotatable bonds is 9. The Kier molecular flexibility index (Phi) is 9.94. The van der Waals surface area contributed by atoms with E-state index in [1.54, 1.807) is 13.8 Å². The van der Waals surface area contributed by atoms with Gasteiger partial charge in [0.05, 0.1) is 22.8 Å². The molecule has 6 aliphatic rings. The van der Waals surface area contributed by atoms with E-state index in [-0.39, 0.29) is 58.2 Å². The molecule has 8 atom stereocenters. The number of carboxylic acids is 1. The van der Waals surface area contributed by atoms with Gasteiger partial charge in [-0.2, -0.15) is 0 Å². The Bertz CT molecular complexity index is 1870. The molecule has 306 valence electrons. The smallest absolute Gasteiger partial charge is 0.309 e. The highest BCUT2D eigenvalue weighted by Gasteiger charge is 2.71. The predicted molar refractivity (Wildman–Crippen MR) is 215 cm³/mol. The van der Waals surface area contributed by atoms with Gasteiger partial charge in [0.25, 0.3) is 5.91 Å². The molecule has 8 nitrogen and oxygen atoms in total. The number of amides is 1. The first kappa shape index (κ1) is 41.2. The van der Waals surface area contributed by atoms with Crippen LogP contribution in [0.2, 0.25) is 5.02 Å². The maximum Gasteiger partial charge on any atom is 0.309 e. The van der Waals surface area contributed by atoms with E-state index in [0.717, 1.165) is 80.9 Å². The molecule has 0 heterocycles. The third kappa shape index (κ3) is 5.90. The number of benzene rings is 1. The summed E-state index contributed by atoms with van der Waals surface area (Å²) in [6.07, 6.45) is 8.81. The van der Waals surface area contributed by atoms with E-state index in [9.17, 15) is 29.1 Å². The van der Waals surface area contributed by atoms with Gasteiger partial charge < -0.3 is 15.2 Å². The summed E-state index contributed by atoms with van der Waals surface area (Å²) in [4.78, 5) is 68.3.